The van der Waals surface area contributed by atoms with Crippen LogP contribution in [-0.4, -0.2) is 73.2 Å². The zero-order valence-corrected chi connectivity index (χ0v) is 15.2. The van der Waals surface area contributed by atoms with Crippen molar-refractivity contribution in [1.29, 1.82) is 0 Å². The molecule has 0 amide bonds. The SMILES string of the molecule is CCNC(=NCCCOC)N1CCN(c2nc(CC)ns2)CC1. The lowest BCUT2D eigenvalue weighted by Crippen LogP contribution is -2.52. The highest BCUT2D eigenvalue weighted by Crippen LogP contribution is 2.19. The van der Waals surface area contributed by atoms with E-state index in [1.807, 2.05) is 0 Å². The standard InChI is InChI=1S/C15H28N6OS/c1-4-13-18-15(23-19-13)21-10-8-20(9-11-21)14(16-5-2)17-7-6-12-22-3/h4-12H2,1-3H3,(H,16,17). The van der Waals surface area contributed by atoms with Gasteiger partial charge in [-0.25, -0.2) is 4.98 Å². The van der Waals surface area contributed by atoms with Gasteiger partial charge in [0.1, 0.15) is 5.82 Å². The normalized spacial score (nSPS) is 16.0. The Bertz CT molecular complexity index is 484. The van der Waals surface area contributed by atoms with E-state index in [-0.39, 0.29) is 0 Å². The maximum absolute atomic E-state index is 5.08. The molecule has 2 heterocycles. The number of aryl methyl sites for hydroxylation is 1. The van der Waals surface area contributed by atoms with E-state index in [1.54, 1.807) is 7.11 Å². The third-order valence-corrected chi connectivity index (χ3v) is 4.54. The van der Waals surface area contributed by atoms with E-state index >= 15 is 0 Å². The first-order valence-corrected chi connectivity index (χ1v) is 9.15. The van der Waals surface area contributed by atoms with Gasteiger partial charge in [0.15, 0.2) is 5.96 Å². The van der Waals surface area contributed by atoms with Crippen LogP contribution in [0.3, 0.4) is 0 Å². The summed E-state index contributed by atoms with van der Waals surface area (Å²) in [5, 5.41) is 4.43. The molecule has 1 N–H and O–H groups in total. The summed E-state index contributed by atoms with van der Waals surface area (Å²) in [6.07, 6.45) is 1.85. The number of ether oxygens (including phenoxy) is 1. The quantitative estimate of drug-likeness (QED) is 0.457. The second-order valence-corrected chi connectivity index (χ2v) is 6.13. The fraction of sp³-hybridized carbons (Fsp3) is 0.800. The van der Waals surface area contributed by atoms with E-state index < -0.39 is 0 Å². The van der Waals surface area contributed by atoms with Crippen LogP contribution in [0, 0.1) is 0 Å². The van der Waals surface area contributed by atoms with E-state index in [0.29, 0.717) is 0 Å². The average Bonchev–Trinajstić information content (AvgIpc) is 3.07. The third kappa shape index (κ3) is 5.31. The first kappa shape index (κ1) is 17.9. The van der Waals surface area contributed by atoms with Crippen molar-refractivity contribution in [1.82, 2.24) is 19.6 Å². The van der Waals surface area contributed by atoms with Crippen molar-refractivity contribution in [2.75, 3.05) is 57.9 Å². The molecule has 1 fully saturated rings. The van der Waals surface area contributed by atoms with Crippen LogP contribution in [0.4, 0.5) is 5.13 Å². The Hall–Kier alpha value is -1.41. The van der Waals surface area contributed by atoms with Crippen LogP contribution < -0.4 is 10.2 Å². The van der Waals surface area contributed by atoms with E-state index in [1.165, 1.54) is 11.5 Å². The highest BCUT2D eigenvalue weighted by Gasteiger charge is 2.21. The molecular weight excluding hydrogens is 312 g/mol. The van der Waals surface area contributed by atoms with Gasteiger partial charge >= 0.3 is 0 Å². The molecule has 1 aliphatic rings. The van der Waals surface area contributed by atoms with Gasteiger partial charge in [0.25, 0.3) is 0 Å². The average molecular weight is 340 g/mol. The highest BCUT2D eigenvalue weighted by atomic mass is 32.1. The van der Waals surface area contributed by atoms with Gasteiger partial charge in [-0.15, -0.1) is 0 Å². The number of hydrogen-bond acceptors (Lipinski definition) is 6. The fourth-order valence-electron chi connectivity index (χ4n) is 2.45. The number of piperazine rings is 1. The molecule has 0 bridgehead atoms. The number of hydrogen-bond donors (Lipinski definition) is 1. The molecule has 0 aliphatic carbocycles. The van der Waals surface area contributed by atoms with Crippen molar-refractivity contribution in [3.8, 4) is 0 Å². The lowest BCUT2D eigenvalue weighted by molar-refractivity contribution is 0.197. The van der Waals surface area contributed by atoms with Crippen molar-refractivity contribution in [2.45, 2.75) is 26.7 Å². The molecule has 0 saturated carbocycles. The topological polar surface area (TPSA) is 65.9 Å². The molecule has 0 atom stereocenters. The zero-order valence-electron chi connectivity index (χ0n) is 14.4. The Balaban J connectivity index is 1.87. The molecule has 1 aromatic heterocycles. The van der Waals surface area contributed by atoms with Crippen LogP contribution in [-0.2, 0) is 11.2 Å². The maximum Gasteiger partial charge on any atom is 0.205 e. The van der Waals surface area contributed by atoms with E-state index in [9.17, 15) is 0 Å². The van der Waals surface area contributed by atoms with E-state index in [2.05, 4.69) is 38.3 Å². The zero-order chi connectivity index (χ0) is 16.5. The minimum atomic E-state index is 0.757. The summed E-state index contributed by atoms with van der Waals surface area (Å²) in [5.41, 5.74) is 0. The molecule has 1 aliphatic heterocycles. The summed E-state index contributed by atoms with van der Waals surface area (Å²) >= 11 is 1.51. The van der Waals surface area contributed by atoms with Crippen LogP contribution in [0.15, 0.2) is 4.99 Å². The molecule has 8 heteroatoms. The Morgan fingerprint density at radius 1 is 1.30 bits per heavy atom. The van der Waals surface area contributed by atoms with Crippen LogP contribution in [0.25, 0.3) is 0 Å². The smallest absolute Gasteiger partial charge is 0.205 e. The molecule has 0 aromatic carbocycles. The Kier molecular flexibility index (Phi) is 7.54. The van der Waals surface area contributed by atoms with Crippen molar-refractivity contribution in [3.05, 3.63) is 5.82 Å². The highest BCUT2D eigenvalue weighted by molar-refractivity contribution is 7.09. The number of nitrogens with one attached hydrogen (secondary N) is 1. The summed E-state index contributed by atoms with van der Waals surface area (Å²) in [6, 6.07) is 0. The number of aliphatic imine (C=N–C) groups is 1. The number of guanidine groups is 1. The van der Waals surface area contributed by atoms with Crippen LogP contribution in [0.2, 0.25) is 0 Å². The fourth-order valence-corrected chi connectivity index (χ4v) is 3.25. The largest absolute Gasteiger partial charge is 0.385 e. The first-order valence-electron chi connectivity index (χ1n) is 8.38. The first-order chi connectivity index (χ1) is 11.3. The number of methoxy groups -OCH3 is 1. The van der Waals surface area contributed by atoms with E-state index in [0.717, 1.165) is 75.6 Å². The van der Waals surface area contributed by atoms with Crippen molar-refractivity contribution < 1.29 is 4.74 Å². The van der Waals surface area contributed by atoms with Gasteiger partial charge in [0, 0.05) is 70.9 Å². The lowest BCUT2D eigenvalue weighted by Gasteiger charge is -2.36. The third-order valence-electron chi connectivity index (χ3n) is 3.73. The van der Waals surface area contributed by atoms with Crippen LogP contribution >= 0.6 is 11.5 Å². The molecule has 1 saturated heterocycles. The van der Waals surface area contributed by atoms with Crippen LogP contribution in [0.1, 0.15) is 26.1 Å². The van der Waals surface area contributed by atoms with Gasteiger partial charge in [0.2, 0.25) is 5.13 Å². The molecule has 0 radical (unpaired) electrons. The second-order valence-electron chi connectivity index (χ2n) is 5.40. The summed E-state index contributed by atoms with van der Waals surface area (Å²) in [4.78, 5) is 13.9. The molecule has 1 aromatic rings. The molecule has 0 unspecified atom stereocenters. The van der Waals surface area contributed by atoms with Gasteiger partial charge in [-0.05, 0) is 13.3 Å². The minimum Gasteiger partial charge on any atom is -0.385 e. The van der Waals surface area contributed by atoms with Gasteiger partial charge in [-0.2, -0.15) is 4.37 Å². The summed E-state index contributed by atoms with van der Waals surface area (Å²) in [6.45, 7) is 10.5. The number of rotatable bonds is 7. The van der Waals surface area contributed by atoms with Gasteiger partial charge < -0.3 is 19.9 Å². The molecule has 2 rings (SSSR count). The minimum absolute atomic E-state index is 0.757. The Morgan fingerprint density at radius 2 is 2.09 bits per heavy atom. The number of anilines is 1. The second kappa shape index (κ2) is 9.67. The Labute approximate surface area is 142 Å². The van der Waals surface area contributed by atoms with Crippen molar-refractivity contribution in [2.24, 2.45) is 4.99 Å². The van der Waals surface area contributed by atoms with Gasteiger partial charge in [0.05, 0.1) is 0 Å². The van der Waals surface area contributed by atoms with Crippen molar-refractivity contribution in [3.63, 3.8) is 0 Å². The number of nitrogens with zero attached hydrogens (tertiary/aromatic N) is 5. The summed E-state index contributed by atoms with van der Waals surface area (Å²) in [7, 11) is 1.73. The van der Waals surface area contributed by atoms with Gasteiger partial charge in [-0.3, -0.25) is 4.99 Å². The molecule has 23 heavy (non-hydrogen) atoms. The number of aromatic nitrogens is 2. The van der Waals surface area contributed by atoms with E-state index in [4.69, 9.17) is 9.73 Å². The van der Waals surface area contributed by atoms with Gasteiger partial charge in [-0.1, -0.05) is 6.92 Å². The molecule has 130 valence electrons. The molecular formula is C15H28N6OS. The van der Waals surface area contributed by atoms with Crippen molar-refractivity contribution >= 4 is 22.6 Å². The molecule has 7 nitrogen and oxygen atoms in total. The summed E-state index contributed by atoms with van der Waals surface area (Å²) < 4.78 is 9.46. The predicted molar refractivity (Wildman–Crippen MR) is 95.5 cm³/mol. The monoisotopic (exact) mass is 340 g/mol. The lowest BCUT2D eigenvalue weighted by atomic mass is 10.3. The predicted octanol–water partition coefficient (Wildman–Crippen LogP) is 1.22. The Morgan fingerprint density at radius 3 is 2.70 bits per heavy atom. The molecule has 0 spiro atoms. The summed E-state index contributed by atoms with van der Waals surface area (Å²) in [5.74, 6) is 1.95. The maximum atomic E-state index is 5.08. The van der Waals surface area contributed by atoms with Crippen LogP contribution in [0.5, 0.6) is 0 Å².